The van der Waals surface area contributed by atoms with Gasteiger partial charge in [-0.1, -0.05) is 12.1 Å². The first-order valence-corrected chi connectivity index (χ1v) is 7.44. The van der Waals surface area contributed by atoms with Gasteiger partial charge in [-0.3, -0.25) is 20.2 Å². The first-order chi connectivity index (χ1) is 11.0. The summed E-state index contributed by atoms with van der Waals surface area (Å²) in [6.45, 7) is 2.01. The van der Waals surface area contributed by atoms with Crippen LogP contribution in [0.1, 0.15) is 24.0 Å². The molecule has 3 heterocycles. The lowest BCUT2D eigenvalue weighted by Crippen LogP contribution is -2.47. The van der Waals surface area contributed by atoms with E-state index in [-0.39, 0.29) is 29.9 Å². The van der Waals surface area contributed by atoms with Crippen LogP contribution in [0.5, 0.6) is 0 Å². The Balaban J connectivity index is 1.95. The van der Waals surface area contributed by atoms with Gasteiger partial charge in [-0.2, -0.15) is 0 Å². The van der Waals surface area contributed by atoms with E-state index in [4.69, 9.17) is 0 Å². The van der Waals surface area contributed by atoms with Crippen molar-refractivity contribution in [2.75, 3.05) is 5.32 Å². The van der Waals surface area contributed by atoms with Gasteiger partial charge in [0.2, 0.25) is 0 Å². The van der Waals surface area contributed by atoms with E-state index in [0.29, 0.717) is 11.4 Å². The molecule has 23 heavy (non-hydrogen) atoms. The van der Waals surface area contributed by atoms with Gasteiger partial charge in [0.25, 0.3) is 5.56 Å². The Labute approximate surface area is 130 Å². The van der Waals surface area contributed by atoms with Crippen molar-refractivity contribution in [3.63, 3.8) is 0 Å². The number of aromatic nitrogens is 2. The molecule has 0 saturated carbocycles. The molecule has 0 amide bonds. The van der Waals surface area contributed by atoms with E-state index in [0.717, 1.165) is 5.56 Å². The largest absolute Gasteiger partial charge is 0.354 e. The van der Waals surface area contributed by atoms with Crippen LogP contribution >= 0.6 is 0 Å². The number of rotatable bonds is 1. The summed E-state index contributed by atoms with van der Waals surface area (Å²) in [5, 5.41) is 3.16. The molecule has 1 saturated heterocycles. The summed E-state index contributed by atoms with van der Waals surface area (Å²) < 4.78 is 13.3. The minimum Gasteiger partial charge on any atom is -0.354 e. The summed E-state index contributed by atoms with van der Waals surface area (Å²) in [7, 11) is 0. The quantitative estimate of drug-likeness (QED) is 0.517. The molecule has 4 unspecified atom stereocenters. The molecule has 0 radical (unpaired) electrons. The van der Waals surface area contributed by atoms with Gasteiger partial charge >= 0.3 is 5.69 Å². The van der Waals surface area contributed by atoms with Gasteiger partial charge in [0.15, 0.2) is 0 Å². The van der Waals surface area contributed by atoms with Gasteiger partial charge in [0.1, 0.15) is 11.6 Å². The van der Waals surface area contributed by atoms with Crippen molar-refractivity contribution in [1.29, 1.82) is 0 Å². The van der Waals surface area contributed by atoms with Crippen molar-refractivity contribution in [3.05, 3.63) is 62.0 Å². The minimum atomic E-state index is -0.559. The van der Waals surface area contributed by atoms with Crippen LogP contribution < -0.4 is 27.4 Å². The fourth-order valence-corrected chi connectivity index (χ4v) is 3.63. The summed E-state index contributed by atoms with van der Waals surface area (Å²) in [4.78, 5) is 28.9. The van der Waals surface area contributed by atoms with Crippen LogP contribution in [0.2, 0.25) is 0 Å². The molecule has 0 bridgehead atoms. The molecule has 2 aliphatic heterocycles. The summed E-state index contributed by atoms with van der Waals surface area (Å²) in [6, 6.07) is 6.21. The molecule has 4 rings (SSSR count). The zero-order chi connectivity index (χ0) is 16.1. The first-order valence-electron chi connectivity index (χ1n) is 7.44. The standard InChI is InChI=1S/C15H16FN5O2/c1-6-9-10(7-2-4-8(16)5-3-7)11-12(17-13(9)21-20-6)18-15(23)19-14(11)22/h2-6,9-10,13,20-21H,1H3,(H3,17,18,19,22,23). The fourth-order valence-electron chi connectivity index (χ4n) is 3.63. The van der Waals surface area contributed by atoms with Crippen molar-refractivity contribution in [2.24, 2.45) is 5.92 Å². The fraction of sp³-hybridized carbons (Fsp3) is 0.333. The lowest BCUT2D eigenvalue weighted by Gasteiger charge is -2.36. The SMILES string of the molecule is CC1NNC2Nc3[nH]c(=O)[nH]c(=O)c3C(c3ccc(F)cc3)C12. The van der Waals surface area contributed by atoms with E-state index in [9.17, 15) is 14.0 Å². The molecular formula is C15H16FN5O2. The van der Waals surface area contributed by atoms with Gasteiger partial charge in [-0.05, 0) is 24.6 Å². The molecule has 0 aliphatic carbocycles. The number of benzene rings is 1. The van der Waals surface area contributed by atoms with E-state index in [1.807, 2.05) is 6.92 Å². The molecule has 7 nitrogen and oxygen atoms in total. The van der Waals surface area contributed by atoms with E-state index >= 15 is 0 Å². The molecule has 2 aliphatic rings. The molecular weight excluding hydrogens is 301 g/mol. The van der Waals surface area contributed by atoms with Crippen molar-refractivity contribution < 1.29 is 4.39 Å². The summed E-state index contributed by atoms with van der Waals surface area (Å²) in [5.74, 6) is -0.168. The normalized spacial score (nSPS) is 28.8. The third-order valence-corrected chi connectivity index (χ3v) is 4.63. The third-order valence-electron chi connectivity index (χ3n) is 4.63. The Morgan fingerprint density at radius 3 is 2.52 bits per heavy atom. The highest BCUT2D eigenvalue weighted by Crippen LogP contribution is 2.42. The molecule has 8 heteroatoms. The predicted octanol–water partition coefficient (Wildman–Crippen LogP) is 0.198. The molecule has 2 aromatic rings. The highest BCUT2D eigenvalue weighted by molar-refractivity contribution is 5.53. The number of hydrogen-bond donors (Lipinski definition) is 5. The van der Waals surface area contributed by atoms with Crippen molar-refractivity contribution in [2.45, 2.75) is 25.0 Å². The van der Waals surface area contributed by atoms with Crippen molar-refractivity contribution in [1.82, 2.24) is 20.8 Å². The minimum absolute atomic E-state index is 0.0277. The number of anilines is 1. The number of H-pyrrole nitrogens is 2. The number of hydrazine groups is 1. The maximum absolute atomic E-state index is 13.3. The highest BCUT2D eigenvalue weighted by Gasteiger charge is 2.45. The average Bonchev–Trinajstić information content (AvgIpc) is 2.87. The van der Waals surface area contributed by atoms with Gasteiger partial charge < -0.3 is 5.32 Å². The Bertz CT molecular complexity index is 859. The highest BCUT2D eigenvalue weighted by atomic mass is 19.1. The molecule has 4 atom stereocenters. The average molecular weight is 317 g/mol. The molecule has 1 fully saturated rings. The van der Waals surface area contributed by atoms with E-state index < -0.39 is 11.2 Å². The second-order valence-corrected chi connectivity index (χ2v) is 6.00. The van der Waals surface area contributed by atoms with E-state index in [1.165, 1.54) is 12.1 Å². The van der Waals surface area contributed by atoms with Gasteiger partial charge in [0.05, 0.1) is 11.7 Å². The van der Waals surface area contributed by atoms with Gasteiger partial charge in [-0.25, -0.2) is 14.6 Å². The molecule has 1 aromatic heterocycles. The smallest absolute Gasteiger partial charge is 0.327 e. The van der Waals surface area contributed by atoms with Crippen LogP contribution in [0.25, 0.3) is 0 Å². The molecule has 120 valence electrons. The lowest BCUT2D eigenvalue weighted by molar-refractivity contribution is 0.386. The maximum Gasteiger partial charge on any atom is 0.327 e. The number of fused-ring (bicyclic) bond motifs is 2. The lowest BCUT2D eigenvalue weighted by atomic mass is 9.75. The van der Waals surface area contributed by atoms with Gasteiger partial charge in [-0.15, -0.1) is 0 Å². The molecule has 0 spiro atoms. The molecule has 1 aromatic carbocycles. The predicted molar refractivity (Wildman–Crippen MR) is 82.6 cm³/mol. The zero-order valence-electron chi connectivity index (χ0n) is 12.3. The monoisotopic (exact) mass is 317 g/mol. The van der Waals surface area contributed by atoms with E-state index in [1.54, 1.807) is 12.1 Å². The first kappa shape index (κ1) is 14.2. The Kier molecular flexibility index (Phi) is 3.10. The van der Waals surface area contributed by atoms with Crippen molar-refractivity contribution >= 4 is 5.82 Å². The van der Waals surface area contributed by atoms with Gasteiger partial charge in [0, 0.05) is 17.9 Å². The van der Waals surface area contributed by atoms with Crippen LogP contribution in [0.4, 0.5) is 10.2 Å². The Morgan fingerprint density at radius 1 is 1.04 bits per heavy atom. The van der Waals surface area contributed by atoms with Crippen LogP contribution in [0.15, 0.2) is 33.9 Å². The van der Waals surface area contributed by atoms with Crippen LogP contribution in [-0.2, 0) is 0 Å². The number of hydrogen-bond acceptors (Lipinski definition) is 5. The molecule has 5 N–H and O–H groups in total. The summed E-state index contributed by atoms with van der Waals surface area (Å²) in [6.07, 6.45) is -0.148. The summed E-state index contributed by atoms with van der Waals surface area (Å²) >= 11 is 0. The van der Waals surface area contributed by atoms with Crippen LogP contribution in [0.3, 0.4) is 0 Å². The number of nitrogens with one attached hydrogen (secondary N) is 5. The second kappa shape index (κ2) is 5.04. The topological polar surface area (TPSA) is 102 Å². The van der Waals surface area contributed by atoms with E-state index in [2.05, 4.69) is 26.1 Å². The second-order valence-electron chi connectivity index (χ2n) is 6.00. The Hall–Kier alpha value is -2.45. The van der Waals surface area contributed by atoms with Crippen LogP contribution in [-0.4, -0.2) is 22.2 Å². The van der Waals surface area contributed by atoms with Crippen LogP contribution in [0, 0.1) is 11.7 Å². The Morgan fingerprint density at radius 2 is 1.78 bits per heavy atom. The number of aromatic amines is 2. The number of halogens is 1. The summed E-state index contributed by atoms with van der Waals surface area (Å²) in [5.41, 5.74) is 6.59. The maximum atomic E-state index is 13.3. The third kappa shape index (κ3) is 2.18. The van der Waals surface area contributed by atoms with Crippen molar-refractivity contribution in [3.8, 4) is 0 Å². The zero-order valence-corrected chi connectivity index (χ0v) is 12.3.